The predicted octanol–water partition coefficient (Wildman–Crippen LogP) is 2.20. The molecule has 0 N–H and O–H groups in total. The monoisotopic (exact) mass is 296 g/mol. The van der Waals surface area contributed by atoms with Gasteiger partial charge in [0.2, 0.25) is 0 Å². The van der Waals surface area contributed by atoms with Crippen LogP contribution < -0.4 is 0 Å². The van der Waals surface area contributed by atoms with Gasteiger partial charge >= 0.3 is 5.97 Å². The van der Waals surface area contributed by atoms with Gasteiger partial charge in [-0.25, -0.2) is 4.79 Å². The van der Waals surface area contributed by atoms with Crippen LogP contribution in [0.2, 0.25) is 0 Å². The van der Waals surface area contributed by atoms with Gasteiger partial charge in [-0.2, -0.15) is 0 Å². The molecule has 3 fully saturated rings. The average Bonchev–Trinajstić information content (AvgIpc) is 3.06. The molecule has 0 aromatic heterocycles. The smallest absolute Gasteiger partial charge is 0.330 e. The minimum atomic E-state index is -0.333. The third-order valence-electron chi connectivity index (χ3n) is 4.59. The van der Waals surface area contributed by atoms with Gasteiger partial charge in [0.25, 0.3) is 0 Å². The van der Waals surface area contributed by atoms with Crippen LogP contribution >= 0.6 is 0 Å². The maximum Gasteiger partial charge on any atom is 0.330 e. The van der Waals surface area contributed by atoms with Crippen LogP contribution in [0.15, 0.2) is 12.2 Å². The van der Waals surface area contributed by atoms with Crippen LogP contribution in [0.4, 0.5) is 0 Å². The molecule has 5 heteroatoms. The molecule has 3 aliphatic rings. The summed E-state index contributed by atoms with van der Waals surface area (Å²) in [4.78, 5) is 11.3. The molecule has 0 aromatic rings. The highest BCUT2D eigenvalue weighted by Crippen LogP contribution is 2.45. The molecule has 1 spiro atoms. The van der Waals surface area contributed by atoms with Crippen molar-refractivity contribution >= 4 is 5.97 Å². The van der Waals surface area contributed by atoms with E-state index in [1.807, 2.05) is 6.08 Å². The van der Waals surface area contributed by atoms with E-state index < -0.39 is 0 Å². The zero-order valence-electron chi connectivity index (χ0n) is 12.6. The fourth-order valence-electron chi connectivity index (χ4n) is 3.70. The van der Waals surface area contributed by atoms with Crippen molar-refractivity contribution in [3.63, 3.8) is 0 Å². The van der Waals surface area contributed by atoms with Crippen molar-refractivity contribution in [1.29, 1.82) is 0 Å². The first-order valence-electron chi connectivity index (χ1n) is 7.97. The molecule has 5 nitrogen and oxygen atoms in total. The van der Waals surface area contributed by atoms with Crippen LogP contribution in [0.25, 0.3) is 0 Å². The molecular formula is C16H24O5. The minimum Gasteiger partial charge on any atom is -0.463 e. The molecule has 0 amide bonds. The van der Waals surface area contributed by atoms with Gasteiger partial charge in [0.15, 0.2) is 5.79 Å². The van der Waals surface area contributed by atoms with Crippen molar-refractivity contribution in [3.05, 3.63) is 12.2 Å². The van der Waals surface area contributed by atoms with E-state index >= 15 is 0 Å². The van der Waals surface area contributed by atoms with Crippen molar-refractivity contribution in [3.8, 4) is 0 Å². The van der Waals surface area contributed by atoms with E-state index in [4.69, 9.17) is 18.9 Å². The molecule has 118 valence electrons. The van der Waals surface area contributed by atoms with Crippen molar-refractivity contribution < 1.29 is 23.7 Å². The molecule has 1 unspecified atom stereocenters. The molecule has 1 saturated carbocycles. The second-order valence-electron chi connectivity index (χ2n) is 6.03. The lowest BCUT2D eigenvalue weighted by Gasteiger charge is -2.37. The third kappa shape index (κ3) is 3.47. The lowest BCUT2D eigenvalue weighted by Crippen LogP contribution is -2.40. The van der Waals surface area contributed by atoms with Gasteiger partial charge in [-0.15, -0.1) is 0 Å². The van der Waals surface area contributed by atoms with E-state index in [1.54, 1.807) is 6.92 Å². The minimum absolute atomic E-state index is 0.197. The summed E-state index contributed by atoms with van der Waals surface area (Å²) in [5.74, 6) is -0.0994. The Labute approximate surface area is 125 Å². The summed E-state index contributed by atoms with van der Waals surface area (Å²) in [5, 5.41) is 0. The molecule has 3 rings (SSSR count). The van der Waals surface area contributed by atoms with Crippen LogP contribution in [-0.2, 0) is 23.7 Å². The fraction of sp³-hybridized carbons (Fsp3) is 0.812. The molecule has 2 aliphatic heterocycles. The Balaban J connectivity index is 1.48. The summed E-state index contributed by atoms with van der Waals surface area (Å²) in [5.41, 5.74) is 0. The Morgan fingerprint density at radius 1 is 1.38 bits per heavy atom. The summed E-state index contributed by atoms with van der Waals surface area (Å²) in [6.45, 7) is 3.64. The lowest BCUT2D eigenvalue weighted by atomic mass is 9.81. The van der Waals surface area contributed by atoms with Crippen LogP contribution in [0, 0.1) is 5.92 Å². The summed E-state index contributed by atoms with van der Waals surface area (Å²) >= 11 is 0. The van der Waals surface area contributed by atoms with Gasteiger partial charge in [-0.05, 0) is 32.1 Å². The Bertz CT molecular complexity index is 399. The largest absolute Gasteiger partial charge is 0.463 e. The summed E-state index contributed by atoms with van der Waals surface area (Å²) in [7, 11) is 0. The molecule has 2 saturated heterocycles. The maximum atomic E-state index is 11.3. The first-order valence-corrected chi connectivity index (χ1v) is 7.97. The standard InChI is InChI=1S/C16H24O5/c1-2-18-15(17)5-3-4-13-10-12-11-16(19-8-9-20-16)7-6-14(12)21-13/h3,5,12-14H,2,4,6-11H2,1H3/t12-,13?,14+/m1/s1. The Hall–Kier alpha value is -0.910. The van der Waals surface area contributed by atoms with Crippen molar-refractivity contribution in [2.45, 2.75) is 57.0 Å². The molecule has 0 radical (unpaired) electrons. The second kappa shape index (κ2) is 6.46. The van der Waals surface area contributed by atoms with Gasteiger partial charge in [-0.1, -0.05) is 6.08 Å². The highest BCUT2D eigenvalue weighted by atomic mass is 16.7. The van der Waals surface area contributed by atoms with Crippen molar-refractivity contribution in [1.82, 2.24) is 0 Å². The van der Waals surface area contributed by atoms with E-state index in [-0.39, 0.29) is 17.9 Å². The van der Waals surface area contributed by atoms with Gasteiger partial charge < -0.3 is 18.9 Å². The number of fused-ring (bicyclic) bond motifs is 1. The summed E-state index contributed by atoms with van der Waals surface area (Å²) < 4.78 is 22.6. The zero-order chi connectivity index (χ0) is 14.7. The topological polar surface area (TPSA) is 54.0 Å². The first kappa shape index (κ1) is 15.0. The number of esters is 1. The second-order valence-corrected chi connectivity index (χ2v) is 6.03. The predicted molar refractivity (Wildman–Crippen MR) is 75.6 cm³/mol. The van der Waals surface area contributed by atoms with Gasteiger partial charge in [0, 0.05) is 18.9 Å². The van der Waals surface area contributed by atoms with Crippen LogP contribution in [0.3, 0.4) is 0 Å². The van der Waals surface area contributed by atoms with E-state index in [1.165, 1.54) is 6.08 Å². The normalized spacial score (nSPS) is 34.4. The van der Waals surface area contributed by atoms with Crippen LogP contribution in [0.1, 0.15) is 39.0 Å². The summed E-state index contributed by atoms with van der Waals surface area (Å²) in [6.07, 6.45) is 8.54. The SMILES string of the molecule is CCOC(=O)C=CCC1C[C@@H]2CC3(CC[C@@H]2O1)OCCO3. The van der Waals surface area contributed by atoms with Crippen molar-refractivity contribution in [2.24, 2.45) is 5.92 Å². The first-order chi connectivity index (χ1) is 10.2. The highest BCUT2D eigenvalue weighted by Gasteiger charge is 2.48. The van der Waals surface area contributed by atoms with E-state index in [0.717, 1.165) is 32.1 Å². The zero-order valence-corrected chi connectivity index (χ0v) is 12.6. The molecule has 21 heavy (non-hydrogen) atoms. The number of hydrogen-bond donors (Lipinski definition) is 0. The third-order valence-corrected chi connectivity index (χ3v) is 4.59. The molecular weight excluding hydrogens is 272 g/mol. The Morgan fingerprint density at radius 2 is 2.19 bits per heavy atom. The van der Waals surface area contributed by atoms with Crippen LogP contribution in [-0.4, -0.2) is 43.8 Å². The van der Waals surface area contributed by atoms with E-state index in [0.29, 0.717) is 31.8 Å². The van der Waals surface area contributed by atoms with E-state index in [9.17, 15) is 4.79 Å². The number of hydrogen-bond acceptors (Lipinski definition) is 5. The lowest BCUT2D eigenvalue weighted by molar-refractivity contribution is -0.197. The van der Waals surface area contributed by atoms with Crippen molar-refractivity contribution in [2.75, 3.05) is 19.8 Å². The number of carbonyl (C=O) groups excluding carboxylic acids is 1. The molecule has 2 heterocycles. The van der Waals surface area contributed by atoms with Crippen LogP contribution in [0.5, 0.6) is 0 Å². The summed E-state index contributed by atoms with van der Waals surface area (Å²) in [6, 6.07) is 0. The van der Waals surface area contributed by atoms with Gasteiger partial charge in [0.1, 0.15) is 0 Å². The number of rotatable bonds is 4. The molecule has 3 atom stereocenters. The van der Waals surface area contributed by atoms with Gasteiger partial charge in [-0.3, -0.25) is 0 Å². The maximum absolute atomic E-state index is 11.3. The highest BCUT2D eigenvalue weighted by molar-refractivity contribution is 5.81. The Kier molecular flexibility index (Phi) is 4.62. The van der Waals surface area contributed by atoms with Gasteiger partial charge in [0.05, 0.1) is 32.0 Å². The van der Waals surface area contributed by atoms with E-state index in [2.05, 4.69) is 0 Å². The number of carbonyl (C=O) groups is 1. The quantitative estimate of drug-likeness (QED) is 0.588. The molecule has 0 bridgehead atoms. The number of ether oxygens (including phenoxy) is 4. The fourth-order valence-corrected chi connectivity index (χ4v) is 3.70. The Morgan fingerprint density at radius 3 is 2.95 bits per heavy atom. The molecule has 1 aliphatic carbocycles. The average molecular weight is 296 g/mol. The molecule has 0 aromatic carbocycles.